The molecule has 1 aliphatic rings. The Hall–Kier alpha value is -2.74. The third kappa shape index (κ3) is 2.88. The minimum atomic E-state index is -0.140. The first kappa shape index (κ1) is 14.8. The van der Waals surface area contributed by atoms with Crippen molar-refractivity contribution in [3.05, 3.63) is 42.5 Å². The van der Waals surface area contributed by atoms with Crippen molar-refractivity contribution in [3.8, 4) is 11.4 Å². The minimum Gasteiger partial charge on any atom is -0.472 e. The van der Waals surface area contributed by atoms with Crippen molar-refractivity contribution in [1.29, 1.82) is 0 Å². The summed E-state index contributed by atoms with van der Waals surface area (Å²) in [4.78, 5) is 15.7. The zero-order valence-corrected chi connectivity index (χ0v) is 13.3. The van der Waals surface area contributed by atoms with Gasteiger partial charge in [-0.3, -0.25) is 5.10 Å². The summed E-state index contributed by atoms with van der Waals surface area (Å²) in [5.41, 5.74) is 1.88. The number of nitrogens with one attached hydrogen (secondary N) is 1. The predicted octanol–water partition coefficient (Wildman–Crippen LogP) is 1.99. The highest BCUT2D eigenvalue weighted by molar-refractivity contribution is 5.56. The first-order chi connectivity index (χ1) is 11.8. The minimum absolute atomic E-state index is 0.140. The van der Waals surface area contributed by atoms with Crippen molar-refractivity contribution in [3.63, 3.8) is 0 Å². The van der Waals surface area contributed by atoms with E-state index < -0.39 is 0 Å². The fourth-order valence-corrected chi connectivity index (χ4v) is 2.74. The third-order valence-electron chi connectivity index (χ3n) is 4.04. The molecule has 0 bridgehead atoms. The van der Waals surface area contributed by atoms with E-state index >= 15 is 0 Å². The summed E-state index contributed by atoms with van der Waals surface area (Å²) in [5, 5.41) is 6.78. The molecule has 124 valence electrons. The number of rotatable bonds is 4. The molecule has 1 N–H and O–H groups in total. The SMILES string of the molecule is CCc1cc(N2CCOC(c3ncn[nH]3)C2)nc(-c2ccoc2)n1. The highest BCUT2D eigenvalue weighted by atomic mass is 16.5. The largest absolute Gasteiger partial charge is 0.472 e. The topological polar surface area (TPSA) is 93.0 Å². The van der Waals surface area contributed by atoms with Gasteiger partial charge in [0.15, 0.2) is 11.6 Å². The Morgan fingerprint density at radius 2 is 2.33 bits per heavy atom. The molecule has 1 unspecified atom stereocenters. The number of aromatic amines is 1. The van der Waals surface area contributed by atoms with Gasteiger partial charge in [0.1, 0.15) is 24.5 Å². The third-order valence-corrected chi connectivity index (χ3v) is 4.04. The van der Waals surface area contributed by atoms with E-state index in [9.17, 15) is 0 Å². The van der Waals surface area contributed by atoms with Crippen molar-refractivity contribution in [1.82, 2.24) is 25.1 Å². The van der Waals surface area contributed by atoms with E-state index in [2.05, 4.69) is 32.0 Å². The Kier molecular flexibility index (Phi) is 3.96. The van der Waals surface area contributed by atoms with Crippen molar-refractivity contribution >= 4 is 5.82 Å². The molecule has 24 heavy (non-hydrogen) atoms. The van der Waals surface area contributed by atoms with Crippen LogP contribution in [0.3, 0.4) is 0 Å². The molecule has 4 rings (SSSR count). The number of aromatic nitrogens is 5. The Morgan fingerprint density at radius 3 is 3.08 bits per heavy atom. The van der Waals surface area contributed by atoms with Gasteiger partial charge in [-0.1, -0.05) is 6.92 Å². The molecule has 1 fully saturated rings. The summed E-state index contributed by atoms with van der Waals surface area (Å²) >= 11 is 0. The van der Waals surface area contributed by atoms with Crippen LogP contribution >= 0.6 is 0 Å². The molecule has 1 saturated heterocycles. The lowest BCUT2D eigenvalue weighted by Crippen LogP contribution is -2.39. The van der Waals surface area contributed by atoms with Crippen molar-refractivity contribution < 1.29 is 9.15 Å². The molecule has 0 aliphatic carbocycles. The maximum atomic E-state index is 5.80. The van der Waals surface area contributed by atoms with Crippen molar-refractivity contribution in [2.45, 2.75) is 19.4 Å². The number of morpholine rings is 1. The van der Waals surface area contributed by atoms with Crippen molar-refractivity contribution in [2.24, 2.45) is 0 Å². The summed E-state index contributed by atoms with van der Waals surface area (Å²) in [6.45, 7) is 4.13. The van der Waals surface area contributed by atoms with E-state index in [1.165, 1.54) is 6.33 Å². The number of nitrogens with zero attached hydrogens (tertiary/aromatic N) is 5. The fraction of sp³-hybridized carbons (Fsp3) is 0.375. The van der Waals surface area contributed by atoms with Gasteiger partial charge in [-0.2, -0.15) is 5.10 Å². The van der Waals surface area contributed by atoms with Crippen LogP contribution in [-0.2, 0) is 11.2 Å². The first-order valence-corrected chi connectivity index (χ1v) is 7.96. The quantitative estimate of drug-likeness (QED) is 0.783. The van der Waals surface area contributed by atoms with Crippen LogP contribution in [-0.4, -0.2) is 44.8 Å². The molecule has 0 spiro atoms. The number of furan rings is 1. The second kappa shape index (κ2) is 6.40. The number of anilines is 1. The number of ether oxygens (including phenoxy) is 1. The van der Waals surface area contributed by atoms with Gasteiger partial charge in [0.2, 0.25) is 0 Å². The van der Waals surface area contributed by atoms with Crippen molar-refractivity contribution in [2.75, 3.05) is 24.6 Å². The van der Waals surface area contributed by atoms with Gasteiger partial charge in [-0.15, -0.1) is 0 Å². The monoisotopic (exact) mass is 326 g/mol. The fourth-order valence-electron chi connectivity index (χ4n) is 2.74. The van der Waals surface area contributed by atoms with E-state index in [0.29, 0.717) is 19.0 Å². The Bertz CT molecular complexity index is 787. The van der Waals surface area contributed by atoms with Gasteiger partial charge < -0.3 is 14.1 Å². The van der Waals surface area contributed by atoms with Crippen LogP contribution in [0.2, 0.25) is 0 Å². The standard InChI is InChI=1S/C16H18N6O2/c1-2-12-7-14(20-15(19-12)11-3-5-23-9-11)22-4-6-24-13(8-22)16-17-10-18-21-16/h3,5,7,9-10,13H,2,4,6,8H2,1H3,(H,17,18,21). The maximum Gasteiger partial charge on any atom is 0.165 e. The average Bonchev–Trinajstić information content (AvgIpc) is 3.35. The van der Waals surface area contributed by atoms with Crippen LogP contribution in [0.4, 0.5) is 5.82 Å². The van der Waals surface area contributed by atoms with Crippen LogP contribution in [0.25, 0.3) is 11.4 Å². The van der Waals surface area contributed by atoms with Gasteiger partial charge in [-0.05, 0) is 12.5 Å². The van der Waals surface area contributed by atoms with Gasteiger partial charge >= 0.3 is 0 Å². The van der Waals surface area contributed by atoms with Gasteiger partial charge in [0.25, 0.3) is 0 Å². The number of H-pyrrole nitrogens is 1. The van der Waals surface area contributed by atoms with Gasteiger partial charge in [-0.25, -0.2) is 15.0 Å². The molecular formula is C16H18N6O2. The van der Waals surface area contributed by atoms with E-state index in [1.807, 2.05) is 12.1 Å². The highest BCUT2D eigenvalue weighted by Gasteiger charge is 2.25. The van der Waals surface area contributed by atoms with E-state index in [4.69, 9.17) is 14.1 Å². The van der Waals surface area contributed by atoms with E-state index in [1.54, 1.807) is 12.5 Å². The molecule has 1 aliphatic heterocycles. The number of aryl methyl sites for hydroxylation is 1. The smallest absolute Gasteiger partial charge is 0.165 e. The zero-order valence-electron chi connectivity index (χ0n) is 13.3. The zero-order chi connectivity index (χ0) is 16.4. The van der Waals surface area contributed by atoms with Gasteiger partial charge in [0, 0.05) is 18.3 Å². The molecule has 4 heterocycles. The summed E-state index contributed by atoms with van der Waals surface area (Å²) in [6, 6.07) is 3.90. The average molecular weight is 326 g/mol. The molecule has 0 aromatic carbocycles. The molecule has 3 aromatic heterocycles. The van der Waals surface area contributed by atoms with Crippen LogP contribution in [0.1, 0.15) is 24.5 Å². The van der Waals surface area contributed by atoms with Crippen LogP contribution in [0.5, 0.6) is 0 Å². The maximum absolute atomic E-state index is 5.80. The lowest BCUT2D eigenvalue weighted by atomic mass is 10.2. The first-order valence-electron chi connectivity index (χ1n) is 7.96. The van der Waals surface area contributed by atoms with Crippen LogP contribution in [0, 0.1) is 0 Å². The predicted molar refractivity (Wildman–Crippen MR) is 86.4 cm³/mol. The van der Waals surface area contributed by atoms with E-state index in [0.717, 1.165) is 35.9 Å². The molecule has 8 nitrogen and oxygen atoms in total. The van der Waals surface area contributed by atoms with Gasteiger partial charge in [0.05, 0.1) is 25.0 Å². The Labute approximate surface area is 138 Å². The van der Waals surface area contributed by atoms with Crippen LogP contribution < -0.4 is 4.90 Å². The number of hydrogen-bond donors (Lipinski definition) is 1. The molecule has 0 amide bonds. The Morgan fingerprint density at radius 1 is 1.38 bits per heavy atom. The van der Waals surface area contributed by atoms with Crippen LogP contribution in [0.15, 0.2) is 35.4 Å². The Balaban J connectivity index is 1.64. The normalized spacial score (nSPS) is 18.0. The highest BCUT2D eigenvalue weighted by Crippen LogP contribution is 2.25. The molecular weight excluding hydrogens is 308 g/mol. The number of hydrogen-bond acceptors (Lipinski definition) is 7. The molecule has 1 atom stereocenters. The summed E-state index contributed by atoms with van der Waals surface area (Å²) in [6.07, 6.45) is 5.49. The lowest BCUT2D eigenvalue weighted by molar-refractivity contribution is 0.0340. The summed E-state index contributed by atoms with van der Waals surface area (Å²) in [7, 11) is 0. The molecule has 3 aromatic rings. The summed E-state index contributed by atoms with van der Waals surface area (Å²) in [5.74, 6) is 2.31. The van der Waals surface area contributed by atoms with E-state index in [-0.39, 0.29) is 6.10 Å². The molecule has 8 heteroatoms. The second-order valence-corrected chi connectivity index (χ2v) is 5.58. The lowest BCUT2D eigenvalue weighted by Gasteiger charge is -2.32. The second-order valence-electron chi connectivity index (χ2n) is 5.58. The summed E-state index contributed by atoms with van der Waals surface area (Å²) < 4.78 is 11.0. The molecule has 0 saturated carbocycles. The molecule has 0 radical (unpaired) electrons.